The quantitative estimate of drug-likeness (QED) is 0.0673. The van der Waals surface area contributed by atoms with Gasteiger partial charge in [-0.25, -0.2) is 49.5 Å². The fourth-order valence-corrected chi connectivity index (χ4v) is 10.7. The molecule has 0 saturated heterocycles. The lowest BCUT2D eigenvalue weighted by Gasteiger charge is -2.27. The van der Waals surface area contributed by atoms with Crippen molar-refractivity contribution in [2.75, 3.05) is 38.2 Å². The predicted octanol–water partition coefficient (Wildman–Crippen LogP) is 15.9. The molecule has 0 aliphatic carbocycles. The van der Waals surface area contributed by atoms with E-state index in [9.17, 15) is 14.4 Å². The van der Waals surface area contributed by atoms with Crippen LogP contribution in [-0.2, 0) is 46.6 Å². The van der Waals surface area contributed by atoms with E-state index in [1.807, 2.05) is 100 Å². The zero-order valence-electron chi connectivity index (χ0n) is 55.6. The number of anilines is 2. The SMILES string of the molecule is Brc1cnc2[nH]ccc2c1.COc1ccc(CCc2ccc(Cc3c[nH]c4ncc(Br)cc34)cn2)cn1.COc1ccc(CN(C(=O)OC(C)(C)C)c2ccc(C(OC)c3c[nH]c4ncc(Br)cc34)cn2)cn1.COc1ccc(CN(C(=O)OC(C)(C)C)c2ccc(C=O)cn2)cn1. The first kappa shape index (κ1) is 72.3. The first-order chi connectivity index (χ1) is 47.1. The van der Waals surface area contributed by atoms with Crippen LogP contribution in [0.15, 0.2) is 185 Å². The molecule has 12 rings (SSSR count). The summed E-state index contributed by atoms with van der Waals surface area (Å²) in [6.45, 7) is 11.3. The van der Waals surface area contributed by atoms with Crippen molar-refractivity contribution in [3.8, 4) is 17.6 Å². The number of H-pyrrole nitrogens is 3. The van der Waals surface area contributed by atoms with Gasteiger partial charge < -0.3 is 43.4 Å². The highest BCUT2D eigenvalue weighted by Crippen LogP contribution is 2.33. The normalized spacial score (nSPS) is 11.4. The van der Waals surface area contributed by atoms with E-state index in [2.05, 4.69) is 126 Å². The number of rotatable bonds is 18. The lowest BCUT2D eigenvalue weighted by Crippen LogP contribution is -2.37. The Morgan fingerprint density at radius 2 is 1.01 bits per heavy atom. The Hall–Kier alpha value is -10.0. The summed E-state index contributed by atoms with van der Waals surface area (Å²) in [5, 5.41) is 3.22. The number of halogens is 3. The van der Waals surface area contributed by atoms with Gasteiger partial charge in [0.15, 0.2) is 6.29 Å². The minimum Gasteiger partial charge on any atom is -0.481 e. The van der Waals surface area contributed by atoms with Crippen molar-refractivity contribution in [1.29, 1.82) is 0 Å². The molecule has 0 bridgehead atoms. The van der Waals surface area contributed by atoms with E-state index in [0.29, 0.717) is 41.1 Å². The highest BCUT2D eigenvalue weighted by molar-refractivity contribution is 9.11. The van der Waals surface area contributed by atoms with Crippen molar-refractivity contribution in [2.24, 2.45) is 0 Å². The maximum atomic E-state index is 13.1. The number of hydrogen-bond acceptors (Lipinski definition) is 18. The highest BCUT2D eigenvalue weighted by Gasteiger charge is 2.28. The highest BCUT2D eigenvalue weighted by atomic mass is 79.9. The van der Waals surface area contributed by atoms with E-state index in [1.165, 1.54) is 39.8 Å². The van der Waals surface area contributed by atoms with Crippen molar-refractivity contribution in [1.82, 2.24) is 59.8 Å². The van der Waals surface area contributed by atoms with Crippen molar-refractivity contribution in [3.05, 3.63) is 235 Å². The smallest absolute Gasteiger partial charge is 0.416 e. The van der Waals surface area contributed by atoms with Gasteiger partial charge in [0.05, 0.1) is 34.4 Å². The largest absolute Gasteiger partial charge is 0.481 e. The maximum Gasteiger partial charge on any atom is 0.416 e. The number of hydrogen-bond donors (Lipinski definition) is 3. The fraction of sp³-hybridized carbons (Fsp3) is 0.250. The first-order valence-electron chi connectivity index (χ1n) is 30.7. The second kappa shape index (κ2) is 33.8. The summed E-state index contributed by atoms with van der Waals surface area (Å²) in [5.41, 5.74) is 9.76. The molecule has 2 amide bonds. The number of aryl methyl sites for hydroxylation is 2. The van der Waals surface area contributed by atoms with Gasteiger partial charge in [-0.1, -0.05) is 30.3 Å². The number of methoxy groups -OCH3 is 4. The molecule has 0 spiro atoms. The minimum atomic E-state index is -0.660. The van der Waals surface area contributed by atoms with Crippen LogP contribution in [0.4, 0.5) is 21.2 Å². The monoisotopic (exact) mass is 1510 g/mol. The summed E-state index contributed by atoms with van der Waals surface area (Å²) in [7, 11) is 6.36. The van der Waals surface area contributed by atoms with Crippen LogP contribution in [0, 0.1) is 0 Å². The number of carbonyl (C=O) groups is 3. The molecule has 1 unspecified atom stereocenters. The van der Waals surface area contributed by atoms with E-state index in [-0.39, 0.29) is 19.2 Å². The molecular weight excluding hydrogens is 1440 g/mol. The van der Waals surface area contributed by atoms with Crippen LogP contribution in [0.2, 0.25) is 0 Å². The van der Waals surface area contributed by atoms with E-state index in [4.69, 9.17) is 28.4 Å². The minimum absolute atomic E-state index is 0.222. The zero-order chi connectivity index (χ0) is 69.9. The van der Waals surface area contributed by atoms with Crippen LogP contribution in [-0.4, -0.2) is 118 Å². The van der Waals surface area contributed by atoms with Crippen LogP contribution in [0.25, 0.3) is 33.1 Å². The molecule has 98 heavy (non-hydrogen) atoms. The maximum absolute atomic E-state index is 13.1. The number of amides is 2. The van der Waals surface area contributed by atoms with Gasteiger partial charge in [-0.2, -0.15) is 0 Å². The summed E-state index contributed by atoms with van der Waals surface area (Å²) >= 11 is 10.3. The average molecular weight is 1520 g/mol. The van der Waals surface area contributed by atoms with Crippen molar-refractivity contribution >= 4 is 111 Å². The topological polar surface area (TPSA) is 276 Å². The molecule has 12 heterocycles. The lowest BCUT2D eigenvalue weighted by atomic mass is 10.0. The molecule has 0 aliphatic rings. The fourth-order valence-electron chi connectivity index (χ4n) is 9.70. The van der Waals surface area contributed by atoms with Crippen LogP contribution in [0.1, 0.15) is 103 Å². The van der Waals surface area contributed by atoms with E-state index < -0.39 is 23.4 Å². The van der Waals surface area contributed by atoms with Gasteiger partial charge >= 0.3 is 12.2 Å². The Kier molecular flexibility index (Phi) is 24.9. The number of fused-ring (bicyclic) bond motifs is 3. The number of aromatic amines is 3. The van der Waals surface area contributed by atoms with E-state index in [0.717, 1.165) is 93.7 Å². The van der Waals surface area contributed by atoms with Crippen LogP contribution in [0.3, 0.4) is 0 Å². The Morgan fingerprint density at radius 1 is 0.500 bits per heavy atom. The molecule has 3 N–H and O–H groups in total. The summed E-state index contributed by atoms with van der Waals surface area (Å²) in [5.74, 6) is 2.45. The van der Waals surface area contributed by atoms with Crippen LogP contribution < -0.4 is 24.0 Å². The van der Waals surface area contributed by atoms with Gasteiger partial charge in [-0.15, -0.1) is 0 Å². The summed E-state index contributed by atoms with van der Waals surface area (Å²) in [6, 6.07) is 30.3. The van der Waals surface area contributed by atoms with Crippen molar-refractivity contribution in [3.63, 3.8) is 0 Å². The van der Waals surface area contributed by atoms with Crippen molar-refractivity contribution in [2.45, 2.75) is 91.2 Å². The molecule has 12 aromatic heterocycles. The molecule has 12 aromatic rings. The predicted molar refractivity (Wildman–Crippen MR) is 386 cm³/mol. The molecule has 1 atom stereocenters. The molecule has 0 saturated carbocycles. The number of aromatic nitrogens is 12. The van der Waals surface area contributed by atoms with Gasteiger partial charge in [0.2, 0.25) is 17.6 Å². The van der Waals surface area contributed by atoms with Crippen LogP contribution >= 0.6 is 47.8 Å². The van der Waals surface area contributed by atoms with Gasteiger partial charge in [0, 0.05) is 158 Å². The van der Waals surface area contributed by atoms with Gasteiger partial charge in [0.1, 0.15) is 45.9 Å². The number of pyridine rings is 9. The number of nitrogens with zero attached hydrogens (tertiary/aromatic N) is 11. The second-order valence-electron chi connectivity index (χ2n) is 24.0. The zero-order valence-corrected chi connectivity index (χ0v) is 60.3. The lowest BCUT2D eigenvalue weighted by molar-refractivity contribution is 0.0565. The number of aldehydes is 1. The Labute approximate surface area is 592 Å². The Balaban J connectivity index is 0.000000162. The third kappa shape index (κ3) is 20.5. The van der Waals surface area contributed by atoms with Crippen molar-refractivity contribution < 1.29 is 42.8 Å². The molecule has 0 aliphatic heterocycles. The Morgan fingerprint density at radius 3 is 1.50 bits per heavy atom. The molecule has 23 nitrogen and oxygen atoms in total. The third-order valence-electron chi connectivity index (χ3n) is 14.4. The summed E-state index contributed by atoms with van der Waals surface area (Å²) < 4.78 is 35.1. The second-order valence-corrected chi connectivity index (χ2v) is 26.7. The van der Waals surface area contributed by atoms with E-state index in [1.54, 1.807) is 110 Å². The number of carbonyl (C=O) groups excluding carboxylic acids is 3. The molecular formula is C72H73Br3N14O9. The Bertz CT molecular complexity index is 4570. The third-order valence-corrected chi connectivity index (χ3v) is 15.7. The van der Waals surface area contributed by atoms with Gasteiger partial charge in [-0.05, 0) is 179 Å². The summed E-state index contributed by atoms with van der Waals surface area (Å²) in [4.78, 5) is 87.7. The van der Waals surface area contributed by atoms with Crippen LogP contribution in [0.5, 0.6) is 17.6 Å². The molecule has 0 fully saturated rings. The van der Waals surface area contributed by atoms with Gasteiger partial charge in [-0.3, -0.25) is 19.6 Å². The average Bonchev–Trinajstić information content (AvgIpc) is 1.59. The van der Waals surface area contributed by atoms with E-state index >= 15 is 0 Å². The first-order valence-corrected chi connectivity index (χ1v) is 33.1. The molecule has 26 heteroatoms. The molecule has 506 valence electrons. The molecule has 0 aromatic carbocycles. The number of ether oxygens (including phenoxy) is 6. The van der Waals surface area contributed by atoms with Gasteiger partial charge in [0.25, 0.3) is 0 Å². The molecule has 0 radical (unpaired) electrons. The standard InChI is InChI=1S/C26H28BrN5O4.C21H19BrN4O.C18H21N3O4.C7H5BrN2/c1-26(2,3)36-25(33)32(15-16-6-9-22(34-4)29-11-16)21-8-7-17(12-28-21)23(35-5)20-14-31-24-19(20)10-18(27)13-30-24;1-27-20-7-4-14(10-24-20)2-5-18-6-3-15(11-23-18)8-16-12-25-21-19(16)9-17(22)13-26-21;1-18(2,3)25-17(23)21(15-7-5-14(12-22)10-19-15)11-13-6-8-16(24-4)20-9-13;8-6-3-5-1-2-9-7(5)10-4-6/h6-14,23H,15H2,1-5H3,(H,30,31);3-4,6-7,9-13H,2,5,8H2,1H3,(H,25,26);5-10,12H,11H2,1-4H3;1-4H,(H,9,10). The summed E-state index contributed by atoms with van der Waals surface area (Å²) in [6.07, 6.45) is 23.2. The number of nitrogens with one attached hydrogen (secondary N) is 3.